The van der Waals surface area contributed by atoms with E-state index in [0.717, 1.165) is 0 Å². The molecule has 0 aliphatic heterocycles. The van der Waals surface area contributed by atoms with Crippen LogP contribution in [-0.4, -0.2) is 31.3 Å². The zero-order valence-electron chi connectivity index (χ0n) is 11.6. The van der Waals surface area contributed by atoms with Crippen LogP contribution in [0.1, 0.15) is 19.3 Å². The van der Waals surface area contributed by atoms with Crippen LogP contribution in [0, 0.1) is 5.92 Å². The molecule has 3 rings (SSSR count). The van der Waals surface area contributed by atoms with E-state index in [1.807, 2.05) is 0 Å². The monoisotopic (exact) mass is 352 g/mol. The fourth-order valence-electron chi connectivity index (χ4n) is 2.33. The Kier molecular flexibility index (Phi) is 4.33. The lowest BCUT2D eigenvalue weighted by molar-refractivity contribution is 0.262. The van der Waals surface area contributed by atoms with Crippen LogP contribution in [0.25, 0.3) is 0 Å². The van der Waals surface area contributed by atoms with Crippen molar-refractivity contribution in [3.05, 3.63) is 33.4 Å². The summed E-state index contributed by atoms with van der Waals surface area (Å²) >= 11 is 3.38. The average molecular weight is 353 g/mol. The van der Waals surface area contributed by atoms with Gasteiger partial charge in [-0.05, 0) is 34.7 Å². The van der Waals surface area contributed by atoms with E-state index in [1.165, 1.54) is 19.3 Å². The Morgan fingerprint density at radius 1 is 1.43 bits per heavy atom. The fraction of sp³-hybridized carbons (Fsp3) is 0.538. The van der Waals surface area contributed by atoms with Gasteiger partial charge in [0, 0.05) is 19.3 Å². The molecule has 0 unspecified atom stereocenters. The van der Waals surface area contributed by atoms with Crippen molar-refractivity contribution in [3.63, 3.8) is 0 Å². The van der Waals surface area contributed by atoms with Crippen molar-refractivity contribution in [1.82, 2.24) is 24.8 Å². The number of hydrogen-bond donors (Lipinski definition) is 1. The van der Waals surface area contributed by atoms with Gasteiger partial charge in [0.2, 0.25) is 0 Å². The van der Waals surface area contributed by atoms with Crippen molar-refractivity contribution >= 4 is 21.6 Å². The molecule has 0 radical (unpaired) electrons. The molecule has 1 fully saturated rings. The highest BCUT2D eigenvalue weighted by Crippen LogP contribution is 2.27. The van der Waals surface area contributed by atoms with Gasteiger partial charge in [-0.15, -0.1) is 5.10 Å². The largest absolute Gasteiger partial charge is 0.378 e. The molecule has 0 atom stereocenters. The second kappa shape index (κ2) is 6.38. The minimum atomic E-state index is -0.0742. The Morgan fingerprint density at radius 3 is 2.95 bits per heavy atom. The number of halogens is 1. The topological polar surface area (TPSA) is 77.6 Å². The van der Waals surface area contributed by atoms with Crippen LogP contribution in [-0.2, 0) is 13.1 Å². The minimum Gasteiger partial charge on any atom is -0.378 e. The first-order valence-electron chi connectivity index (χ1n) is 7.07. The Morgan fingerprint density at radius 2 is 2.29 bits per heavy atom. The molecule has 1 aliphatic rings. The summed E-state index contributed by atoms with van der Waals surface area (Å²) in [5.74, 6) is 0.597. The third-order valence-corrected chi connectivity index (χ3v) is 4.37. The number of hydrogen-bond acceptors (Lipinski definition) is 5. The van der Waals surface area contributed by atoms with Gasteiger partial charge in [-0.2, -0.15) is 5.10 Å². The van der Waals surface area contributed by atoms with Crippen molar-refractivity contribution in [3.8, 4) is 0 Å². The zero-order chi connectivity index (χ0) is 14.7. The first kappa shape index (κ1) is 14.2. The maximum absolute atomic E-state index is 12.4. The van der Waals surface area contributed by atoms with Crippen molar-refractivity contribution in [1.29, 1.82) is 0 Å². The summed E-state index contributed by atoms with van der Waals surface area (Å²) in [6, 6.07) is 0. The van der Waals surface area contributed by atoms with Crippen molar-refractivity contribution in [2.24, 2.45) is 5.92 Å². The zero-order valence-corrected chi connectivity index (χ0v) is 13.2. The van der Waals surface area contributed by atoms with Gasteiger partial charge in [-0.1, -0.05) is 11.6 Å². The van der Waals surface area contributed by atoms with Crippen molar-refractivity contribution in [2.45, 2.75) is 32.4 Å². The molecule has 2 heterocycles. The Balaban J connectivity index is 1.67. The maximum Gasteiger partial charge on any atom is 0.291 e. The molecular weight excluding hydrogens is 336 g/mol. The van der Waals surface area contributed by atoms with E-state index in [0.29, 0.717) is 35.7 Å². The predicted octanol–water partition coefficient (Wildman–Crippen LogP) is 1.51. The second-order valence-corrected chi connectivity index (χ2v) is 6.10. The smallest absolute Gasteiger partial charge is 0.291 e. The lowest BCUT2D eigenvalue weighted by atomic mass is 9.85. The number of nitrogens with one attached hydrogen (secondary N) is 1. The predicted molar refractivity (Wildman–Crippen MR) is 82.0 cm³/mol. The van der Waals surface area contributed by atoms with E-state index in [4.69, 9.17) is 0 Å². The fourth-order valence-corrected chi connectivity index (χ4v) is 2.73. The highest BCUT2D eigenvalue weighted by Gasteiger charge is 2.20. The van der Waals surface area contributed by atoms with Crippen molar-refractivity contribution in [2.75, 3.05) is 11.9 Å². The third kappa shape index (κ3) is 3.31. The van der Waals surface area contributed by atoms with Crippen LogP contribution in [0.5, 0.6) is 0 Å². The van der Waals surface area contributed by atoms with E-state index >= 15 is 0 Å². The second-order valence-electron chi connectivity index (χ2n) is 5.24. The molecule has 0 bridgehead atoms. The molecule has 8 heteroatoms. The molecule has 2 aromatic heterocycles. The van der Waals surface area contributed by atoms with E-state index in [9.17, 15) is 4.79 Å². The highest BCUT2D eigenvalue weighted by molar-refractivity contribution is 9.10. The van der Waals surface area contributed by atoms with Crippen LogP contribution in [0.4, 0.5) is 5.69 Å². The minimum absolute atomic E-state index is 0.0742. The summed E-state index contributed by atoms with van der Waals surface area (Å²) in [6.07, 6.45) is 8.75. The summed E-state index contributed by atoms with van der Waals surface area (Å²) < 4.78 is 3.97. The molecule has 21 heavy (non-hydrogen) atoms. The molecule has 2 aromatic rings. The molecule has 7 nitrogen and oxygen atoms in total. The van der Waals surface area contributed by atoms with Gasteiger partial charge >= 0.3 is 0 Å². The molecule has 1 saturated carbocycles. The standard InChI is InChI=1S/C13H17BrN6O/c14-11-8-17-20(9-10-2-1-3-10)13(21)12(11)15-4-6-19-7-5-16-18-19/h5,7-8,10,15H,1-4,6,9H2. The van der Waals surface area contributed by atoms with Crippen LogP contribution in [0.2, 0.25) is 0 Å². The van der Waals surface area contributed by atoms with E-state index in [-0.39, 0.29) is 5.56 Å². The van der Waals surface area contributed by atoms with Gasteiger partial charge in [0.25, 0.3) is 5.56 Å². The van der Waals surface area contributed by atoms with Crippen LogP contribution >= 0.6 is 15.9 Å². The number of rotatable bonds is 6. The summed E-state index contributed by atoms with van der Waals surface area (Å²) in [6.45, 7) is 1.96. The summed E-state index contributed by atoms with van der Waals surface area (Å²) in [7, 11) is 0. The number of nitrogens with zero attached hydrogens (tertiary/aromatic N) is 5. The molecule has 0 spiro atoms. The molecule has 1 N–H and O–H groups in total. The summed E-state index contributed by atoms with van der Waals surface area (Å²) in [5, 5.41) is 15.0. The van der Waals surface area contributed by atoms with Gasteiger partial charge in [-0.3, -0.25) is 9.48 Å². The SMILES string of the molecule is O=c1c(NCCn2ccnn2)c(Br)cnn1CC1CCC1. The Hall–Kier alpha value is -1.70. The molecule has 112 valence electrons. The Bertz CT molecular complexity index is 649. The first-order valence-corrected chi connectivity index (χ1v) is 7.87. The molecule has 1 aliphatic carbocycles. The highest BCUT2D eigenvalue weighted by atomic mass is 79.9. The van der Waals surface area contributed by atoms with E-state index < -0.39 is 0 Å². The van der Waals surface area contributed by atoms with E-state index in [2.05, 4.69) is 36.7 Å². The van der Waals surface area contributed by atoms with Crippen LogP contribution < -0.4 is 10.9 Å². The van der Waals surface area contributed by atoms with Gasteiger partial charge in [0.1, 0.15) is 5.69 Å². The molecule has 0 saturated heterocycles. The van der Waals surface area contributed by atoms with Gasteiger partial charge < -0.3 is 5.32 Å². The van der Waals surface area contributed by atoms with Crippen molar-refractivity contribution < 1.29 is 0 Å². The van der Waals surface area contributed by atoms with Crippen LogP contribution in [0.15, 0.2) is 27.9 Å². The van der Waals surface area contributed by atoms with Gasteiger partial charge in [0.15, 0.2) is 0 Å². The van der Waals surface area contributed by atoms with Gasteiger partial charge in [-0.25, -0.2) is 4.68 Å². The van der Waals surface area contributed by atoms with Crippen LogP contribution in [0.3, 0.4) is 0 Å². The first-order chi connectivity index (χ1) is 10.2. The summed E-state index contributed by atoms with van der Waals surface area (Å²) in [4.78, 5) is 12.4. The Labute approximate surface area is 130 Å². The lowest BCUT2D eigenvalue weighted by Gasteiger charge is -2.25. The quantitative estimate of drug-likeness (QED) is 0.852. The molecule has 0 aromatic carbocycles. The number of anilines is 1. The third-order valence-electron chi connectivity index (χ3n) is 3.77. The molecular formula is C13H17BrN6O. The van der Waals surface area contributed by atoms with E-state index in [1.54, 1.807) is 28.0 Å². The normalized spacial score (nSPS) is 14.9. The summed E-state index contributed by atoms with van der Waals surface area (Å²) in [5.41, 5.74) is 0.485. The lowest BCUT2D eigenvalue weighted by Crippen LogP contribution is -2.31. The maximum atomic E-state index is 12.4. The molecule has 0 amide bonds. The van der Waals surface area contributed by atoms with Gasteiger partial charge in [0.05, 0.1) is 23.4 Å². The number of aromatic nitrogens is 5. The average Bonchev–Trinajstić information content (AvgIpc) is 2.93.